The van der Waals surface area contributed by atoms with Crippen LogP contribution in [0.5, 0.6) is 0 Å². The number of nitrogens with one attached hydrogen (secondary N) is 5. The van der Waals surface area contributed by atoms with E-state index in [1.54, 1.807) is 0 Å². The van der Waals surface area contributed by atoms with Gasteiger partial charge in [-0.05, 0) is 0 Å². The summed E-state index contributed by atoms with van der Waals surface area (Å²) in [7, 11) is 0. The summed E-state index contributed by atoms with van der Waals surface area (Å²) in [4.78, 5) is 71.0. The zero-order valence-electron chi connectivity index (χ0n) is 18.3. The number of carboxylic acids is 1. The van der Waals surface area contributed by atoms with Crippen molar-refractivity contribution >= 4 is 35.5 Å². The normalized spacial score (nSPS) is 14.9. The molecule has 0 saturated heterocycles. The van der Waals surface area contributed by atoms with Gasteiger partial charge in [0, 0.05) is 0 Å². The monoisotopic (exact) mass is 510 g/mol. The highest BCUT2D eigenvalue weighted by Gasteiger charge is 2.31. The fourth-order valence-corrected chi connectivity index (χ4v) is 2.30. The van der Waals surface area contributed by atoms with E-state index in [2.05, 4.69) is 5.32 Å². The van der Waals surface area contributed by atoms with Crippen molar-refractivity contribution in [1.29, 1.82) is 0 Å². The summed E-state index contributed by atoms with van der Waals surface area (Å²) in [6, 6.07) is -8.43. The van der Waals surface area contributed by atoms with E-state index in [9.17, 15) is 49.2 Å². The van der Waals surface area contributed by atoms with Crippen molar-refractivity contribution in [2.75, 3.05) is 39.6 Å². The Balaban J connectivity index is 5.18. The first-order chi connectivity index (χ1) is 16.5. The number of aliphatic hydroxyl groups is 5. The fraction of sp³-hybridized carbons (Fsp3) is 0.647. The molecule has 0 rings (SSSR count). The van der Waals surface area contributed by atoms with Crippen molar-refractivity contribution in [3.05, 3.63) is 0 Å². The molecule has 35 heavy (non-hydrogen) atoms. The lowest BCUT2D eigenvalue weighted by Gasteiger charge is -2.24. The minimum Gasteiger partial charge on any atom is -0.480 e. The van der Waals surface area contributed by atoms with Gasteiger partial charge in [0.2, 0.25) is 29.5 Å². The maximum absolute atomic E-state index is 12.4. The van der Waals surface area contributed by atoms with Crippen molar-refractivity contribution in [1.82, 2.24) is 26.6 Å². The molecule has 18 heteroatoms. The van der Waals surface area contributed by atoms with E-state index >= 15 is 0 Å². The van der Waals surface area contributed by atoms with E-state index in [0.29, 0.717) is 0 Å². The number of nitrogens with two attached hydrogens (primary N) is 1. The lowest BCUT2D eigenvalue weighted by molar-refractivity contribution is -0.143. The Labute approximate surface area is 197 Å². The van der Waals surface area contributed by atoms with E-state index in [1.807, 2.05) is 21.3 Å². The molecule has 0 bridgehead atoms. The SMILES string of the molecule is NCC(=O)N[C@@H](CO)C(=O)N[C@@H](CO)C(=O)N[C@@H](CO)C(=O)N[C@@H](CO)C(=O)N[C@@H](CO)C(=O)O. The molecule has 5 amide bonds. The van der Waals surface area contributed by atoms with Gasteiger partial charge in [0.15, 0.2) is 0 Å². The fourth-order valence-electron chi connectivity index (χ4n) is 2.30. The molecule has 0 aromatic carbocycles. The van der Waals surface area contributed by atoms with E-state index in [1.165, 1.54) is 0 Å². The predicted molar refractivity (Wildman–Crippen MR) is 112 cm³/mol. The Morgan fingerprint density at radius 2 is 0.771 bits per heavy atom. The molecule has 0 aliphatic rings. The molecule has 0 heterocycles. The Bertz CT molecular complexity index is 766. The first kappa shape index (κ1) is 31.6. The van der Waals surface area contributed by atoms with Gasteiger partial charge in [-0.15, -0.1) is 0 Å². The molecule has 0 spiro atoms. The smallest absolute Gasteiger partial charge is 0.328 e. The minimum absolute atomic E-state index is 0.495. The van der Waals surface area contributed by atoms with Crippen LogP contribution in [-0.4, -0.2) is 136 Å². The number of amides is 5. The van der Waals surface area contributed by atoms with Crippen molar-refractivity contribution in [3.8, 4) is 0 Å². The molecule has 0 aliphatic carbocycles. The van der Waals surface area contributed by atoms with E-state index in [-0.39, 0.29) is 0 Å². The summed E-state index contributed by atoms with van der Waals surface area (Å²) in [6.07, 6.45) is 0. The van der Waals surface area contributed by atoms with Crippen LogP contribution in [0.1, 0.15) is 0 Å². The quantitative estimate of drug-likeness (QED) is 0.0918. The zero-order chi connectivity index (χ0) is 27.1. The van der Waals surface area contributed by atoms with Crippen molar-refractivity contribution in [3.63, 3.8) is 0 Å². The van der Waals surface area contributed by atoms with Gasteiger partial charge >= 0.3 is 5.97 Å². The molecule has 0 aliphatic heterocycles. The second-order valence-corrected chi connectivity index (χ2v) is 6.82. The molecule has 0 aromatic heterocycles. The largest absolute Gasteiger partial charge is 0.480 e. The third-order valence-corrected chi connectivity index (χ3v) is 4.26. The van der Waals surface area contributed by atoms with Crippen LogP contribution in [-0.2, 0) is 28.8 Å². The molecule has 200 valence electrons. The average Bonchev–Trinajstić information content (AvgIpc) is 2.84. The molecule has 0 unspecified atom stereocenters. The van der Waals surface area contributed by atoms with Gasteiger partial charge in [-0.3, -0.25) is 24.0 Å². The lowest BCUT2D eigenvalue weighted by Crippen LogP contribution is -2.61. The first-order valence-electron chi connectivity index (χ1n) is 9.97. The Kier molecular flexibility index (Phi) is 14.7. The molecule has 18 nitrogen and oxygen atoms in total. The number of hydrogen-bond acceptors (Lipinski definition) is 12. The number of carboxylic acid groups (broad SMARTS) is 1. The van der Waals surface area contributed by atoms with Crippen LogP contribution < -0.4 is 32.3 Å². The summed E-state index contributed by atoms with van der Waals surface area (Å²) < 4.78 is 0. The third-order valence-electron chi connectivity index (χ3n) is 4.26. The highest BCUT2D eigenvalue weighted by atomic mass is 16.4. The molecule has 0 saturated carbocycles. The van der Waals surface area contributed by atoms with E-state index in [4.69, 9.17) is 15.9 Å². The topological polar surface area (TPSA) is 310 Å². The molecule has 5 atom stereocenters. The third kappa shape index (κ3) is 10.6. The van der Waals surface area contributed by atoms with Crippen LogP contribution in [0.2, 0.25) is 0 Å². The molecule has 13 N–H and O–H groups in total. The van der Waals surface area contributed by atoms with Gasteiger partial charge in [0.05, 0.1) is 39.6 Å². The Hall–Kier alpha value is -3.42. The maximum atomic E-state index is 12.4. The van der Waals surface area contributed by atoms with Gasteiger partial charge in [-0.25, -0.2) is 4.79 Å². The molecule has 0 fully saturated rings. The van der Waals surface area contributed by atoms with Crippen LogP contribution in [0.25, 0.3) is 0 Å². The highest BCUT2D eigenvalue weighted by Crippen LogP contribution is 1.94. The van der Waals surface area contributed by atoms with Crippen molar-refractivity contribution in [2.24, 2.45) is 5.73 Å². The van der Waals surface area contributed by atoms with Gasteiger partial charge in [0.25, 0.3) is 0 Å². The van der Waals surface area contributed by atoms with Gasteiger partial charge in [-0.1, -0.05) is 0 Å². The Morgan fingerprint density at radius 1 is 0.514 bits per heavy atom. The van der Waals surface area contributed by atoms with E-state index in [0.717, 1.165) is 0 Å². The number of hydrogen-bond donors (Lipinski definition) is 12. The summed E-state index contributed by atoms with van der Waals surface area (Å²) in [5.74, 6) is -7.06. The molecular formula is C17H30N6O12. The van der Waals surface area contributed by atoms with Gasteiger partial charge in [0.1, 0.15) is 30.2 Å². The average molecular weight is 510 g/mol. The van der Waals surface area contributed by atoms with Crippen LogP contribution >= 0.6 is 0 Å². The zero-order valence-corrected chi connectivity index (χ0v) is 18.3. The lowest BCUT2D eigenvalue weighted by atomic mass is 10.2. The second-order valence-electron chi connectivity index (χ2n) is 6.82. The standard InChI is InChI=1S/C17H30N6O12/c18-1-12(29)19-7(2-24)13(30)20-8(3-25)14(31)21-9(4-26)15(32)22-10(5-27)16(33)23-11(6-28)17(34)35/h7-11,24-28H,1-6,18H2,(H,19,29)(H,20,30)(H,21,31)(H,22,32)(H,23,33)(H,34,35)/t7-,8-,9-,10-,11-/m0/s1. The molecule has 0 radical (unpaired) electrons. The predicted octanol–water partition coefficient (Wildman–Crippen LogP) is -8.58. The van der Waals surface area contributed by atoms with Gasteiger partial charge < -0.3 is 63.0 Å². The van der Waals surface area contributed by atoms with Crippen LogP contribution in [0, 0.1) is 0 Å². The van der Waals surface area contributed by atoms with E-state index < -0.39 is 105 Å². The van der Waals surface area contributed by atoms with Crippen LogP contribution in [0.15, 0.2) is 0 Å². The summed E-state index contributed by atoms with van der Waals surface area (Å²) in [6.45, 7) is -5.41. The number of rotatable bonds is 16. The molecule has 0 aromatic rings. The summed E-state index contributed by atoms with van der Waals surface area (Å²) in [5, 5.41) is 65.0. The minimum atomic E-state index is -1.76. The number of carbonyl (C=O) groups excluding carboxylic acids is 5. The summed E-state index contributed by atoms with van der Waals surface area (Å²) in [5.41, 5.74) is 5.09. The van der Waals surface area contributed by atoms with Crippen molar-refractivity contribution < 1.29 is 59.4 Å². The Morgan fingerprint density at radius 3 is 1.00 bits per heavy atom. The number of aliphatic carboxylic acids is 1. The maximum Gasteiger partial charge on any atom is 0.328 e. The number of aliphatic hydroxyl groups excluding tert-OH is 5. The second kappa shape index (κ2) is 16.2. The first-order valence-corrected chi connectivity index (χ1v) is 9.97. The van der Waals surface area contributed by atoms with Gasteiger partial charge in [-0.2, -0.15) is 0 Å². The van der Waals surface area contributed by atoms with Crippen LogP contribution in [0.4, 0.5) is 0 Å². The molecular weight excluding hydrogens is 480 g/mol. The van der Waals surface area contributed by atoms with Crippen molar-refractivity contribution in [2.45, 2.75) is 30.2 Å². The van der Waals surface area contributed by atoms with Crippen LogP contribution in [0.3, 0.4) is 0 Å². The summed E-state index contributed by atoms with van der Waals surface area (Å²) >= 11 is 0. The highest BCUT2D eigenvalue weighted by molar-refractivity contribution is 5.96. The number of carbonyl (C=O) groups is 6.